The van der Waals surface area contributed by atoms with Crippen LogP contribution >= 0.6 is 8.03 Å². The van der Waals surface area contributed by atoms with E-state index in [2.05, 4.69) is 4.18 Å². The minimum atomic E-state index is -4.89. The van der Waals surface area contributed by atoms with Gasteiger partial charge in [0.1, 0.15) is 17.5 Å². The van der Waals surface area contributed by atoms with Gasteiger partial charge in [-0.15, -0.1) is 0 Å². The first kappa shape index (κ1) is 14.0. The average Bonchev–Trinajstić information content (AvgIpc) is 2.12. The van der Waals surface area contributed by atoms with Crippen molar-refractivity contribution in [3.8, 4) is 0 Å². The lowest BCUT2D eigenvalue weighted by Crippen LogP contribution is -2.11. The molecule has 1 aromatic carbocycles. The SMILES string of the molecule is O=[P+](O)COS(=O)(=O)c1c(F)cc(F)cc1F. The second-order valence-corrected chi connectivity index (χ2v) is 5.27. The lowest BCUT2D eigenvalue weighted by atomic mass is 10.3. The molecule has 1 atom stereocenters. The fourth-order valence-corrected chi connectivity index (χ4v) is 2.57. The van der Waals surface area contributed by atoms with Gasteiger partial charge in [-0.05, 0) is 4.57 Å². The van der Waals surface area contributed by atoms with Crippen LogP contribution in [0.4, 0.5) is 13.2 Å². The summed E-state index contributed by atoms with van der Waals surface area (Å²) in [5.41, 5.74) is 0. The Bertz CT molecular complexity index is 536. The van der Waals surface area contributed by atoms with Gasteiger partial charge >= 0.3 is 18.1 Å². The molecule has 0 aliphatic carbocycles. The van der Waals surface area contributed by atoms with Gasteiger partial charge in [-0.25, -0.2) is 17.4 Å². The molecule has 94 valence electrons. The highest BCUT2D eigenvalue weighted by Crippen LogP contribution is 2.24. The monoisotopic (exact) mass is 289 g/mol. The highest BCUT2D eigenvalue weighted by Gasteiger charge is 2.29. The van der Waals surface area contributed by atoms with E-state index < -0.39 is 46.8 Å². The molecular formula is C7H5F3O5PS+. The Kier molecular flexibility index (Phi) is 4.21. The van der Waals surface area contributed by atoms with Crippen molar-refractivity contribution in [3.63, 3.8) is 0 Å². The van der Waals surface area contributed by atoms with Gasteiger partial charge in [-0.2, -0.15) is 13.3 Å². The van der Waals surface area contributed by atoms with Crippen LogP contribution in [0.5, 0.6) is 0 Å². The molecule has 5 nitrogen and oxygen atoms in total. The maximum atomic E-state index is 13.1. The third-order valence-corrected chi connectivity index (χ3v) is 3.37. The smallest absolute Gasteiger partial charge is 0.213 e. The Morgan fingerprint density at radius 2 is 1.71 bits per heavy atom. The summed E-state index contributed by atoms with van der Waals surface area (Å²) in [6.07, 6.45) is -1.14. The van der Waals surface area contributed by atoms with E-state index in [4.69, 9.17) is 4.89 Å². The fourth-order valence-electron chi connectivity index (χ4n) is 0.941. The Morgan fingerprint density at radius 3 is 2.12 bits per heavy atom. The molecule has 0 aromatic heterocycles. The van der Waals surface area contributed by atoms with Gasteiger partial charge in [0.05, 0.1) is 0 Å². The predicted molar refractivity (Wildman–Crippen MR) is 49.3 cm³/mol. The third kappa shape index (κ3) is 3.47. The Hall–Kier alpha value is -1.02. The average molecular weight is 289 g/mol. The largest absolute Gasteiger partial charge is 0.535 e. The summed E-state index contributed by atoms with van der Waals surface area (Å²) in [6, 6.07) is 0.302. The molecule has 1 unspecified atom stereocenters. The molecule has 0 aliphatic heterocycles. The summed E-state index contributed by atoms with van der Waals surface area (Å²) >= 11 is 0. The topological polar surface area (TPSA) is 80.7 Å². The minimum Gasteiger partial charge on any atom is -0.213 e. The van der Waals surface area contributed by atoms with Crippen LogP contribution in [-0.4, -0.2) is 19.7 Å². The lowest BCUT2D eigenvalue weighted by Gasteiger charge is -2.04. The first-order chi connectivity index (χ1) is 7.74. The summed E-state index contributed by atoms with van der Waals surface area (Å²) in [7, 11) is -7.84. The summed E-state index contributed by atoms with van der Waals surface area (Å²) in [6.45, 7) is 0. The van der Waals surface area contributed by atoms with Crippen LogP contribution in [0, 0.1) is 17.5 Å². The van der Waals surface area contributed by atoms with Crippen molar-refractivity contribution in [2.45, 2.75) is 4.90 Å². The third-order valence-electron chi connectivity index (χ3n) is 1.53. The van der Waals surface area contributed by atoms with Gasteiger partial charge in [0.2, 0.25) is 0 Å². The molecule has 0 saturated carbocycles. The number of hydrogen-bond donors (Lipinski definition) is 1. The van der Waals surface area contributed by atoms with Crippen molar-refractivity contribution < 1.29 is 35.2 Å². The zero-order chi connectivity index (χ0) is 13.2. The van der Waals surface area contributed by atoms with E-state index in [9.17, 15) is 26.2 Å². The molecule has 1 rings (SSSR count). The van der Waals surface area contributed by atoms with Crippen LogP contribution in [-0.2, 0) is 18.9 Å². The summed E-state index contributed by atoms with van der Waals surface area (Å²) in [4.78, 5) is 6.81. The summed E-state index contributed by atoms with van der Waals surface area (Å²) in [5, 5.41) is 0. The molecular weight excluding hydrogens is 284 g/mol. The minimum absolute atomic E-state index is 0.151. The number of hydrogen-bond acceptors (Lipinski definition) is 4. The first-order valence-electron chi connectivity index (χ1n) is 3.91. The molecule has 0 bridgehead atoms. The lowest BCUT2D eigenvalue weighted by molar-refractivity contribution is 0.348. The molecule has 0 spiro atoms. The van der Waals surface area contributed by atoms with Crippen LogP contribution in [0.1, 0.15) is 0 Å². The zero-order valence-corrected chi connectivity index (χ0v) is 9.64. The van der Waals surface area contributed by atoms with E-state index in [1.807, 2.05) is 0 Å². The van der Waals surface area contributed by atoms with Gasteiger partial charge in [0.15, 0.2) is 4.90 Å². The zero-order valence-electron chi connectivity index (χ0n) is 7.93. The normalized spacial score (nSPS) is 12.6. The number of rotatable bonds is 4. The summed E-state index contributed by atoms with van der Waals surface area (Å²) < 4.78 is 75.2. The van der Waals surface area contributed by atoms with Gasteiger partial charge in [-0.3, -0.25) is 0 Å². The van der Waals surface area contributed by atoms with E-state index in [1.165, 1.54) is 0 Å². The molecule has 0 aliphatic rings. The van der Waals surface area contributed by atoms with Crippen LogP contribution in [0.3, 0.4) is 0 Å². The highest BCUT2D eigenvalue weighted by molar-refractivity contribution is 7.87. The number of halogens is 3. The van der Waals surface area contributed by atoms with Crippen molar-refractivity contribution in [2.75, 3.05) is 6.35 Å². The highest BCUT2D eigenvalue weighted by atomic mass is 32.2. The standard InChI is InChI=1S/C7H4F3O5PS/c8-4-1-5(9)7(6(10)2-4)17(13,14)15-3-16(11)12/h1-2H,3H2/p+1. The van der Waals surface area contributed by atoms with Gasteiger partial charge in [0, 0.05) is 12.1 Å². The van der Waals surface area contributed by atoms with Gasteiger partial charge < -0.3 is 0 Å². The number of benzene rings is 1. The quantitative estimate of drug-likeness (QED) is 0.671. The van der Waals surface area contributed by atoms with Crippen LogP contribution in [0.15, 0.2) is 17.0 Å². The molecule has 0 fully saturated rings. The first-order valence-corrected chi connectivity index (χ1v) is 6.72. The molecule has 1 aromatic rings. The van der Waals surface area contributed by atoms with Gasteiger partial charge in [0.25, 0.3) is 6.35 Å². The maximum absolute atomic E-state index is 13.1. The Morgan fingerprint density at radius 1 is 1.24 bits per heavy atom. The molecule has 0 radical (unpaired) electrons. The van der Waals surface area contributed by atoms with Crippen molar-refractivity contribution in [1.82, 2.24) is 0 Å². The van der Waals surface area contributed by atoms with Gasteiger partial charge in [-0.1, -0.05) is 0 Å². The van der Waals surface area contributed by atoms with E-state index in [-0.39, 0.29) is 12.1 Å². The van der Waals surface area contributed by atoms with Crippen molar-refractivity contribution in [2.24, 2.45) is 0 Å². The van der Waals surface area contributed by atoms with E-state index in [1.54, 1.807) is 0 Å². The molecule has 0 amide bonds. The van der Waals surface area contributed by atoms with Crippen LogP contribution in [0.2, 0.25) is 0 Å². The molecule has 10 heteroatoms. The van der Waals surface area contributed by atoms with Crippen LogP contribution < -0.4 is 0 Å². The van der Waals surface area contributed by atoms with Crippen molar-refractivity contribution in [1.29, 1.82) is 0 Å². The Labute approximate surface area is 94.8 Å². The second kappa shape index (κ2) is 5.09. The predicted octanol–water partition coefficient (Wildman–Crippen LogP) is 1.50. The van der Waals surface area contributed by atoms with Crippen molar-refractivity contribution >= 4 is 18.1 Å². The second-order valence-electron chi connectivity index (χ2n) is 2.75. The Balaban J connectivity index is 3.20. The van der Waals surface area contributed by atoms with Crippen LogP contribution in [0.25, 0.3) is 0 Å². The molecule has 1 N–H and O–H groups in total. The van der Waals surface area contributed by atoms with Crippen molar-refractivity contribution in [3.05, 3.63) is 29.6 Å². The van der Waals surface area contributed by atoms with E-state index >= 15 is 0 Å². The van der Waals surface area contributed by atoms with E-state index in [0.29, 0.717) is 0 Å². The molecule has 17 heavy (non-hydrogen) atoms. The molecule has 0 saturated heterocycles. The molecule has 0 heterocycles. The van der Waals surface area contributed by atoms with E-state index in [0.717, 1.165) is 0 Å². The summed E-state index contributed by atoms with van der Waals surface area (Å²) in [5.74, 6) is -4.67. The fraction of sp³-hybridized carbons (Fsp3) is 0.143. The maximum Gasteiger partial charge on any atom is 0.535 e.